The number of carboxylic acids is 1. The van der Waals surface area contributed by atoms with Crippen molar-refractivity contribution in [3.05, 3.63) is 53.6 Å². The van der Waals surface area contributed by atoms with Crippen LogP contribution in [0.15, 0.2) is 42.5 Å². The molecule has 0 fully saturated rings. The van der Waals surface area contributed by atoms with Crippen LogP contribution in [0.5, 0.6) is 11.5 Å². The molecular weight excluding hydrogens is 439 g/mol. The number of aromatic carboxylic acids is 1. The molecule has 0 aromatic heterocycles. The zero-order valence-electron chi connectivity index (χ0n) is 16.9. The summed E-state index contributed by atoms with van der Waals surface area (Å²) < 4.78 is 17.7. The second-order valence-electron chi connectivity index (χ2n) is 7.57. The molecule has 2 aromatic rings. The summed E-state index contributed by atoms with van der Waals surface area (Å²) in [5, 5.41) is 10.4. The van der Waals surface area contributed by atoms with Crippen molar-refractivity contribution in [2.75, 3.05) is 20.5 Å². The predicted molar refractivity (Wildman–Crippen MR) is 115 cm³/mol. The first-order chi connectivity index (χ1) is 13.3. The van der Waals surface area contributed by atoms with Crippen LogP contribution in [0.25, 0.3) is 0 Å². The molecule has 28 heavy (non-hydrogen) atoms. The number of benzene rings is 2. The number of carbonyl (C=O) groups is 1. The number of rotatable bonds is 11. The monoisotopic (exact) mass is 468 g/mol. The van der Waals surface area contributed by atoms with Gasteiger partial charge in [0.05, 0.1) is 0 Å². The van der Waals surface area contributed by atoms with Crippen LogP contribution in [-0.2, 0) is 10.1 Å². The van der Waals surface area contributed by atoms with E-state index in [9.17, 15) is 9.90 Å². The minimum absolute atomic E-state index is 0.0120. The van der Waals surface area contributed by atoms with E-state index in [0.29, 0.717) is 23.4 Å². The van der Waals surface area contributed by atoms with Gasteiger partial charge in [0, 0.05) is 0 Å². The summed E-state index contributed by atoms with van der Waals surface area (Å²) in [5.74, 6) is -0.0643. The molecule has 0 aliphatic rings. The van der Waals surface area contributed by atoms with E-state index >= 15 is 0 Å². The van der Waals surface area contributed by atoms with Crippen molar-refractivity contribution >= 4 is 33.5 Å². The first-order valence-electron chi connectivity index (χ1n) is 9.13. The van der Waals surface area contributed by atoms with Crippen molar-refractivity contribution in [3.8, 4) is 11.5 Å². The second kappa shape index (κ2) is 10.7. The molecule has 0 aliphatic carbocycles. The standard InChI is InChI=1S/C21H28O5SeSi/c1-24-15-26-19-13-17(25-10-11-28(2,3)4)12-16(20(19)21(22)23)14-27-18-8-6-5-7-9-18/h5-9,12-13H,10-11,14-15H2,1-4H3,(H,22,23). The van der Waals surface area contributed by atoms with E-state index in [1.807, 2.05) is 24.3 Å². The van der Waals surface area contributed by atoms with Gasteiger partial charge in [-0.25, -0.2) is 0 Å². The summed E-state index contributed by atoms with van der Waals surface area (Å²) in [6, 6.07) is 14.6. The van der Waals surface area contributed by atoms with Gasteiger partial charge in [-0.2, -0.15) is 0 Å². The number of hydrogen-bond donors (Lipinski definition) is 1. The second-order valence-corrected chi connectivity index (χ2v) is 15.4. The van der Waals surface area contributed by atoms with E-state index in [2.05, 4.69) is 31.8 Å². The van der Waals surface area contributed by atoms with E-state index in [0.717, 1.165) is 11.6 Å². The predicted octanol–water partition coefficient (Wildman–Crippen LogP) is 3.61. The summed E-state index contributed by atoms with van der Waals surface area (Å²) in [4.78, 5) is 11.9. The van der Waals surface area contributed by atoms with Gasteiger partial charge < -0.3 is 0 Å². The zero-order valence-corrected chi connectivity index (χ0v) is 19.6. The summed E-state index contributed by atoms with van der Waals surface area (Å²) >= 11 is 0.112. The SMILES string of the molecule is COCOc1cc(OCC[Si](C)(C)C)cc(C[Se]c2ccccc2)c1C(=O)O. The van der Waals surface area contributed by atoms with E-state index in [1.54, 1.807) is 6.07 Å². The van der Waals surface area contributed by atoms with Gasteiger partial charge in [0.25, 0.3) is 0 Å². The Morgan fingerprint density at radius 2 is 1.82 bits per heavy atom. The van der Waals surface area contributed by atoms with E-state index < -0.39 is 14.0 Å². The van der Waals surface area contributed by atoms with Crippen molar-refractivity contribution in [1.82, 2.24) is 0 Å². The number of methoxy groups -OCH3 is 1. The van der Waals surface area contributed by atoms with Crippen LogP contribution in [0.4, 0.5) is 0 Å². The minimum atomic E-state index is -1.21. The van der Waals surface area contributed by atoms with Crippen LogP contribution in [-0.4, -0.2) is 54.6 Å². The Morgan fingerprint density at radius 1 is 1.11 bits per heavy atom. The molecule has 0 amide bonds. The first kappa shape index (κ1) is 22.5. The van der Waals surface area contributed by atoms with Gasteiger partial charge in [-0.1, -0.05) is 0 Å². The molecule has 0 saturated carbocycles. The van der Waals surface area contributed by atoms with Gasteiger partial charge in [-0.3, -0.25) is 0 Å². The molecule has 2 rings (SSSR count). The molecule has 0 bridgehead atoms. The van der Waals surface area contributed by atoms with Crippen molar-refractivity contribution in [2.45, 2.75) is 31.0 Å². The van der Waals surface area contributed by atoms with Gasteiger partial charge in [0.1, 0.15) is 0 Å². The van der Waals surface area contributed by atoms with Crippen molar-refractivity contribution in [2.24, 2.45) is 0 Å². The molecule has 1 N–H and O–H groups in total. The molecule has 0 unspecified atom stereocenters. The Labute approximate surface area is 174 Å². The van der Waals surface area contributed by atoms with Crippen molar-refractivity contribution in [3.63, 3.8) is 0 Å². The van der Waals surface area contributed by atoms with Gasteiger partial charge in [0.15, 0.2) is 0 Å². The van der Waals surface area contributed by atoms with Gasteiger partial charge >= 0.3 is 174 Å². The van der Waals surface area contributed by atoms with E-state index in [4.69, 9.17) is 14.2 Å². The summed E-state index contributed by atoms with van der Waals surface area (Å²) in [6.07, 6.45) is 0. The van der Waals surface area contributed by atoms with Gasteiger partial charge in [-0.05, 0) is 0 Å². The fraction of sp³-hybridized carbons (Fsp3) is 0.381. The van der Waals surface area contributed by atoms with Crippen LogP contribution in [0.2, 0.25) is 25.7 Å². The van der Waals surface area contributed by atoms with Crippen LogP contribution < -0.4 is 13.9 Å². The molecule has 0 atom stereocenters. The molecule has 7 heteroatoms. The normalized spacial score (nSPS) is 11.3. The number of ether oxygens (including phenoxy) is 3. The molecule has 152 valence electrons. The molecular formula is C21H28O5SeSi. The van der Waals surface area contributed by atoms with Crippen LogP contribution in [0.1, 0.15) is 15.9 Å². The number of carboxylic acid groups (broad SMARTS) is 1. The third-order valence-corrected chi connectivity index (χ3v) is 7.89. The van der Waals surface area contributed by atoms with E-state index in [1.165, 1.54) is 11.6 Å². The molecule has 0 radical (unpaired) electrons. The van der Waals surface area contributed by atoms with Gasteiger partial charge in [0.2, 0.25) is 0 Å². The van der Waals surface area contributed by atoms with Crippen LogP contribution in [0, 0.1) is 0 Å². The Kier molecular flexibility index (Phi) is 8.57. The molecule has 0 saturated heterocycles. The average molecular weight is 467 g/mol. The first-order valence-corrected chi connectivity index (χ1v) is 14.9. The molecule has 0 heterocycles. The van der Waals surface area contributed by atoms with E-state index in [-0.39, 0.29) is 27.3 Å². The molecule has 2 aromatic carbocycles. The molecule has 0 aliphatic heterocycles. The van der Waals surface area contributed by atoms with Crippen molar-refractivity contribution in [1.29, 1.82) is 0 Å². The fourth-order valence-corrected chi connectivity index (χ4v) is 5.08. The summed E-state index contributed by atoms with van der Waals surface area (Å²) in [7, 11) is 0.294. The number of hydrogen-bond acceptors (Lipinski definition) is 4. The summed E-state index contributed by atoms with van der Waals surface area (Å²) in [6.45, 7) is 7.50. The fourth-order valence-electron chi connectivity index (χ4n) is 2.47. The van der Waals surface area contributed by atoms with Crippen LogP contribution >= 0.6 is 0 Å². The third kappa shape index (κ3) is 7.32. The third-order valence-electron chi connectivity index (χ3n) is 3.96. The van der Waals surface area contributed by atoms with Crippen molar-refractivity contribution < 1.29 is 24.1 Å². The Bertz CT molecular complexity index is 774. The molecule has 5 nitrogen and oxygen atoms in total. The maximum absolute atomic E-state index is 11.9. The Hall–Kier alpha value is -1.79. The zero-order chi connectivity index (χ0) is 20.6. The quantitative estimate of drug-likeness (QED) is 0.404. The average Bonchev–Trinajstić information content (AvgIpc) is 2.64. The summed E-state index contributed by atoms with van der Waals surface area (Å²) in [5.41, 5.74) is 0.917. The van der Waals surface area contributed by atoms with Crippen LogP contribution in [0.3, 0.4) is 0 Å². The molecule has 0 spiro atoms. The maximum atomic E-state index is 11.9. The van der Waals surface area contributed by atoms with Gasteiger partial charge in [-0.15, -0.1) is 0 Å². The Morgan fingerprint density at radius 3 is 2.43 bits per heavy atom. The topological polar surface area (TPSA) is 65.0 Å². The Balaban J connectivity index is 2.28.